The molecule has 0 heterocycles. The van der Waals surface area contributed by atoms with Gasteiger partial charge in [-0.15, -0.1) is 0 Å². The molecule has 0 radical (unpaired) electrons. The van der Waals surface area contributed by atoms with Gasteiger partial charge in [0.1, 0.15) is 12.4 Å². The average Bonchev–Trinajstić information content (AvgIpc) is 2.74. The van der Waals surface area contributed by atoms with Gasteiger partial charge in [-0.25, -0.2) is 0 Å². The first-order valence-electron chi connectivity index (χ1n) is 8.58. The van der Waals surface area contributed by atoms with Crippen molar-refractivity contribution in [1.29, 1.82) is 0 Å². The van der Waals surface area contributed by atoms with Crippen LogP contribution in [0.5, 0.6) is 5.75 Å². The summed E-state index contributed by atoms with van der Waals surface area (Å²) in [4.78, 5) is 24.8. The zero-order chi connectivity index (χ0) is 18.9. The van der Waals surface area contributed by atoms with Crippen LogP contribution in [0.3, 0.4) is 0 Å². The van der Waals surface area contributed by atoms with Crippen LogP contribution >= 0.6 is 0 Å². The lowest BCUT2D eigenvalue weighted by atomic mass is 10.3. The van der Waals surface area contributed by atoms with Crippen molar-refractivity contribution in [2.24, 2.45) is 0 Å². The van der Waals surface area contributed by atoms with Crippen molar-refractivity contribution in [3.8, 4) is 5.75 Å². The zero-order valence-electron chi connectivity index (χ0n) is 14.7. The maximum Gasteiger partial charge on any atom is 0.284 e. The summed E-state index contributed by atoms with van der Waals surface area (Å²) in [6.07, 6.45) is 0.253. The van der Waals surface area contributed by atoms with Crippen LogP contribution in [0.4, 0.5) is 0 Å². The Bertz CT molecular complexity index is 828. The Morgan fingerprint density at radius 1 is 0.815 bits per heavy atom. The Kier molecular flexibility index (Phi) is 6.66. The lowest BCUT2D eigenvalue weighted by Gasteiger charge is -2.09. The number of benzene rings is 3. The molecule has 0 aliphatic rings. The van der Waals surface area contributed by atoms with Crippen LogP contribution in [0, 0.1) is 0 Å². The molecular weight excluding hydrogens is 358 g/mol. The zero-order valence-corrected chi connectivity index (χ0v) is 15.5. The molecule has 4 nitrogen and oxygen atoms in total. The first-order chi connectivity index (χ1) is 13.3. The Morgan fingerprint density at radius 3 is 1.85 bits per heavy atom. The van der Waals surface area contributed by atoms with Gasteiger partial charge in [-0.2, -0.15) is 0 Å². The molecule has 0 unspecified atom stereocenters. The highest BCUT2D eigenvalue weighted by Crippen LogP contribution is 2.31. The maximum atomic E-state index is 10.9. The summed E-state index contributed by atoms with van der Waals surface area (Å²) < 4.78 is 5.62. The van der Waals surface area contributed by atoms with E-state index in [4.69, 9.17) is 4.74 Å². The van der Waals surface area contributed by atoms with E-state index in [0.717, 1.165) is 5.75 Å². The van der Waals surface area contributed by atoms with E-state index >= 15 is 0 Å². The number of carbonyl (C=O) groups is 2. The van der Waals surface area contributed by atoms with Crippen molar-refractivity contribution < 1.29 is 14.3 Å². The number of hydrogen-bond acceptors (Lipinski definition) is 3. The Morgan fingerprint density at radius 2 is 1.33 bits per heavy atom. The third-order valence-corrected chi connectivity index (χ3v) is 6.03. The molecule has 0 saturated heterocycles. The van der Waals surface area contributed by atoms with Crippen LogP contribution in [-0.4, -0.2) is 25.3 Å². The largest absolute Gasteiger partial charge is 0.492 e. The van der Waals surface area contributed by atoms with Gasteiger partial charge in [0, 0.05) is 0 Å². The van der Waals surface area contributed by atoms with E-state index < -0.39 is 5.91 Å². The predicted octanol–water partition coefficient (Wildman–Crippen LogP) is 3.48. The van der Waals surface area contributed by atoms with Crippen molar-refractivity contribution >= 4 is 23.1 Å². The minimum absolute atomic E-state index is 0.189. The molecular formula is C22H20NO3S+. The number of hydrogen-bond donors (Lipinski definition) is 1. The lowest BCUT2D eigenvalue weighted by molar-refractivity contribution is -0.131. The fourth-order valence-electron chi connectivity index (χ4n) is 2.58. The quantitative estimate of drug-likeness (QED) is 0.283. The molecule has 0 bridgehead atoms. The van der Waals surface area contributed by atoms with Gasteiger partial charge in [0.15, 0.2) is 14.7 Å². The van der Waals surface area contributed by atoms with Crippen LogP contribution in [0.15, 0.2) is 99.6 Å². The molecule has 3 rings (SSSR count). The number of amides is 1. The van der Waals surface area contributed by atoms with Gasteiger partial charge in [-0.3, -0.25) is 9.59 Å². The van der Waals surface area contributed by atoms with Crippen molar-refractivity contribution in [3.05, 3.63) is 84.9 Å². The molecule has 0 aromatic heterocycles. The maximum absolute atomic E-state index is 10.9. The molecule has 27 heavy (non-hydrogen) atoms. The highest BCUT2D eigenvalue weighted by atomic mass is 32.2. The topological polar surface area (TPSA) is 55.4 Å². The molecule has 1 N–H and O–H groups in total. The third kappa shape index (κ3) is 5.21. The molecule has 5 heteroatoms. The summed E-state index contributed by atoms with van der Waals surface area (Å²) in [6.45, 7) is 0.597. The molecule has 0 fully saturated rings. The van der Waals surface area contributed by atoms with Crippen molar-refractivity contribution in [2.75, 3.05) is 13.2 Å². The first kappa shape index (κ1) is 18.7. The monoisotopic (exact) mass is 378 g/mol. The first-order valence-corrected chi connectivity index (χ1v) is 9.80. The minimum atomic E-state index is -0.635. The lowest BCUT2D eigenvalue weighted by Crippen LogP contribution is -2.28. The van der Waals surface area contributed by atoms with Gasteiger partial charge in [0.2, 0.25) is 6.29 Å². The van der Waals surface area contributed by atoms with Gasteiger partial charge in [0.05, 0.1) is 17.4 Å². The van der Waals surface area contributed by atoms with Gasteiger partial charge in [0.25, 0.3) is 5.91 Å². The molecule has 0 aliphatic heterocycles. The second kappa shape index (κ2) is 9.59. The van der Waals surface area contributed by atoms with E-state index in [2.05, 4.69) is 66.0 Å². The van der Waals surface area contributed by atoms with Gasteiger partial charge < -0.3 is 10.1 Å². The summed E-state index contributed by atoms with van der Waals surface area (Å²) in [5.41, 5.74) is 0. The molecule has 1 amide bonds. The number of carbonyl (C=O) groups excluding carboxylic acids is 2. The Hall–Kier alpha value is -3.05. The number of ether oxygens (including phenoxy) is 1. The van der Waals surface area contributed by atoms with Crippen LogP contribution < -0.4 is 10.1 Å². The normalized spacial score (nSPS) is 10.4. The standard InChI is InChI=1S/C22H19NO3S/c24-17-22(25)23-15-16-26-18-11-13-21(14-12-18)27(19-7-3-1-4-8-19)20-9-5-2-6-10-20/h1-14,17H,15-16H2/p+1. The van der Waals surface area contributed by atoms with E-state index in [1.165, 1.54) is 14.7 Å². The molecule has 0 spiro atoms. The summed E-state index contributed by atoms with van der Waals surface area (Å²) in [6, 6.07) is 28.9. The summed E-state index contributed by atoms with van der Waals surface area (Å²) >= 11 is 0. The van der Waals surface area contributed by atoms with Crippen molar-refractivity contribution in [1.82, 2.24) is 5.32 Å². The van der Waals surface area contributed by atoms with E-state index in [0.29, 0.717) is 6.61 Å². The fraction of sp³-hybridized carbons (Fsp3) is 0.0909. The van der Waals surface area contributed by atoms with Crippen molar-refractivity contribution in [3.63, 3.8) is 0 Å². The second-order valence-corrected chi connectivity index (χ2v) is 7.69. The van der Waals surface area contributed by atoms with Crippen LogP contribution in [-0.2, 0) is 20.5 Å². The second-order valence-electron chi connectivity index (χ2n) is 5.66. The average molecular weight is 378 g/mol. The Labute approximate surface area is 161 Å². The van der Waals surface area contributed by atoms with Gasteiger partial charge in [-0.05, 0) is 48.5 Å². The SMILES string of the molecule is O=CC(=O)NCCOc1ccc([S+](c2ccccc2)c2ccccc2)cc1. The summed E-state index contributed by atoms with van der Waals surface area (Å²) in [7, 11) is -0.189. The van der Waals surface area contributed by atoms with Gasteiger partial charge >= 0.3 is 0 Å². The summed E-state index contributed by atoms with van der Waals surface area (Å²) in [5.74, 6) is 0.0903. The highest BCUT2D eigenvalue weighted by Gasteiger charge is 2.28. The smallest absolute Gasteiger partial charge is 0.284 e. The molecule has 136 valence electrons. The number of rotatable bonds is 8. The molecule has 3 aromatic carbocycles. The third-order valence-electron chi connectivity index (χ3n) is 3.79. The van der Waals surface area contributed by atoms with Crippen LogP contribution in [0.1, 0.15) is 0 Å². The minimum Gasteiger partial charge on any atom is -0.492 e. The highest BCUT2D eigenvalue weighted by molar-refractivity contribution is 7.97. The number of nitrogens with one attached hydrogen (secondary N) is 1. The van der Waals surface area contributed by atoms with Gasteiger partial charge in [-0.1, -0.05) is 36.4 Å². The Balaban J connectivity index is 1.74. The number of aldehydes is 1. The molecule has 0 aliphatic carbocycles. The van der Waals surface area contributed by atoms with E-state index in [-0.39, 0.29) is 23.7 Å². The molecule has 0 atom stereocenters. The van der Waals surface area contributed by atoms with Crippen LogP contribution in [0.2, 0.25) is 0 Å². The molecule has 0 saturated carbocycles. The van der Waals surface area contributed by atoms with E-state index in [1.807, 2.05) is 24.3 Å². The van der Waals surface area contributed by atoms with Crippen molar-refractivity contribution in [2.45, 2.75) is 14.7 Å². The predicted molar refractivity (Wildman–Crippen MR) is 106 cm³/mol. The van der Waals surface area contributed by atoms with Crippen LogP contribution in [0.25, 0.3) is 0 Å². The van der Waals surface area contributed by atoms with E-state index in [9.17, 15) is 9.59 Å². The fourth-order valence-corrected chi connectivity index (χ4v) is 4.66. The molecule has 3 aromatic rings. The summed E-state index contributed by atoms with van der Waals surface area (Å²) in [5, 5.41) is 2.44. The van der Waals surface area contributed by atoms with E-state index in [1.54, 1.807) is 0 Å².